The summed E-state index contributed by atoms with van der Waals surface area (Å²) in [6.45, 7) is 0.310. The van der Waals surface area contributed by atoms with Crippen LogP contribution in [0, 0.1) is 17.8 Å². The van der Waals surface area contributed by atoms with Gasteiger partial charge in [-0.25, -0.2) is 8.42 Å². The van der Waals surface area contributed by atoms with E-state index in [0.29, 0.717) is 25.8 Å². The standard InChI is InChI=1S/C13H19NO5S/c15-12(10-3-1-2-4-11(10)13(16)17)14-7-9-5-6-20(18,19)8-9/h1-2,9-11H,3-8H2,(H,14,15)(H,16,17). The summed E-state index contributed by atoms with van der Waals surface area (Å²) in [5.41, 5.74) is 0. The summed E-state index contributed by atoms with van der Waals surface area (Å²) in [6, 6.07) is 0. The van der Waals surface area contributed by atoms with Gasteiger partial charge in [-0.1, -0.05) is 12.2 Å². The van der Waals surface area contributed by atoms with Crippen LogP contribution < -0.4 is 5.32 Å². The predicted molar refractivity (Wildman–Crippen MR) is 72.8 cm³/mol. The number of sulfone groups is 1. The summed E-state index contributed by atoms with van der Waals surface area (Å²) in [6.07, 6.45) is 4.96. The molecule has 3 unspecified atom stereocenters. The van der Waals surface area contributed by atoms with Gasteiger partial charge < -0.3 is 10.4 Å². The molecular weight excluding hydrogens is 282 g/mol. The maximum absolute atomic E-state index is 12.1. The highest BCUT2D eigenvalue weighted by atomic mass is 32.2. The van der Waals surface area contributed by atoms with Gasteiger partial charge in [0.15, 0.2) is 9.84 Å². The number of rotatable bonds is 4. The van der Waals surface area contributed by atoms with Crippen LogP contribution in [0.2, 0.25) is 0 Å². The van der Waals surface area contributed by atoms with Crippen LogP contribution >= 0.6 is 0 Å². The van der Waals surface area contributed by atoms with Crippen molar-refractivity contribution in [2.75, 3.05) is 18.1 Å². The first-order valence-corrected chi connectivity index (χ1v) is 8.57. The van der Waals surface area contributed by atoms with Crippen molar-refractivity contribution in [3.8, 4) is 0 Å². The van der Waals surface area contributed by atoms with E-state index < -0.39 is 27.6 Å². The molecule has 0 saturated carbocycles. The van der Waals surface area contributed by atoms with Crippen molar-refractivity contribution in [2.24, 2.45) is 17.8 Å². The van der Waals surface area contributed by atoms with Gasteiger partial charge in [0, 0.05) is 6.54 Å². The summed E-state index contributed by atoms with van der Waals surface area (Å²) in [5, 5.41) is 11.8. The number of amides is 1. The number of hydrogen-bond donors (Lipinski definition) is 2. The molecule has 7 heteroatoms. The molecule has 0 radical (unpaired) electrons. The van der Waals surface area contributed by atoms with E-state index in [2.05, 4.69) is 5.32 Å². The smallest absolute Gasteiger partial charge is 0.307 e. The van der Waals surface area contributed by atoms with E-state index in [0.717, 1.165) is 0 Å². The Labute approximate surface area is 118 Å². The van der Waals surface area contributed by atoms with Crippen LogP contribution in [0.15, 0.2) is 12.2 Å². The van der Waals surface area contributed by atoms with E-state index in [1.807, 2.05) is 6.08 Å². The Hall–Kier alpha value is -1.37. The highest BCUT2D eigenvalue weighted by Crippen LogP contribution is 2.26. The molecule has 3 atom stereocenters. The molecule has 6 nitrogen and oxygen atoms in total. The van der Waals surface area contributed by atoms with E-state index >= 15 is 0 Å². The van der Waals surface area contributed by atoms with Crippen LogP contribution in [-0.2, 0) is 19.4 Å². The topological polar surface area (TPSA) is 101 Å². The van der Waals surface area contributed by atoms with Gasteiger partial charge in [0.2, 0.25) is 5.91 Å². The van der Waals surface area contributed by atoms with Gasteiger partial charge in [-0.05, 0) is 25.2 Å². The van der Waals surface area contributed by atoms with Gasteiger partial charge in [-0.3, -0.25) is 9.59 Å². The molecule has 1 saturated heterocycles. The van der Waals surface area contributed by atoms with Crippen molar-refractivity contribution in [3.63, 3.8) is 0 Å². The lowest BCUT2D eigenvalue weighted by molar-refractivity contribution is -0.147. The van der Waals surface area contributed by atoms with Crippen molar-refractivity contribution < 1.29 is 23.1 Å². The molecule has 1 heterocycles. The number of aliphatic carboxylic acids is 1. The number of carbonyl (C=O) groups excluding carboxylic acids is 1. The van der Waals surface area contributed by atoms with Crippen molar-refractivity contribution in [3.05, 3.63) is 12.2 Å². The first-order chi connectivity index (χ1) is 9.39. The molecule has 2 rings (SSSR count). The normalized spacial score (nSPS) is 31.9. The molecule has 0 aromatic heterocycles. The Kier molecular flexibility index (Phi) is 4.47. The molecule has 20 heavy (non-hydrogen) atoms. The van der Waals surface area contributed by atoms with Crippen LogP contribution in [0.3, 0.4) is 0 Å². The highest BCUT2D eigenvalue weighted by molar-refractivity contribution is 7.91. The lowest BCUT2D eigenvalue weighted by atomic mass is 9.82. The molecule has 0 aromatic rings. The maximum atomic E-state index is 12.1. The van der Waals surface area contributed by atoms with Gasteiger partial charge in [0.25, 0.3) is 0 Å². The molecule has 112 valence electrons. The van der Waals surface area contributed by atoms with Gasteiger partial charge in [0.1, 0.15) is 0 Å². The first-order valence-electron chi connectivity index (χ1n) is 6.75. The van der Waals surface area contributed by atoms with Gasteiger partial charge in [-0.15, -0.1) is 0 Å². The van der Waals surface area contributed by atoms with Crippen LogP contribution in [0.4, 0.5) is 0 Å². The molecule has 2 aliphatic rings. The Morgan fingerprint density at radius 2 is 1.85 bits per heavy atom. The van der Waals surface area contributed by atoms with Crippen molar-refractivity contribution >= 4 is 21.7 Å². The fourth-order valence-electron chi connectivity index (χ4n) is 2.79. The van der Waals surface area contributed by atoms with Crippen molar-refractivity contribution in [2.45, 2.75) is 19.3 Å². The second-order valence-corrected chi connectivity index (χ2v) is 7.74. The molecule has 0 bridgehead atoms. The summed E-state index contributed by atoms with van der Waals surface area (Å²) in [5.74, 6) is -2.25. The van der Waals surface area contributed by atoms with E-state index in [-0.39, 0.29) is 23.3 Å². The Bertz CT molecular complexity index is 525. The van der Waals surface area contributed by atoms with E-state index in [1.54, 1.807) is 6.08 Å². The third-order valence-electron chi connectivity index (χ3n) is 3.98. The Morgan fingerprint density at radius 3 is 2.40 bits per heavy atom. The Morgan fingerprint density at radius 1 is 1.20 bits per heavy atom. The Balaban J connectivity index is 1.88. The van der Waals surface area contributed by atoms with Gasteiger partial charge in [-0.2, -0.15) is 0 Å². The fraction of sp³-hybridized carbons (Fsp3) is 0.692. The van der Waals surface area contributed by atoms with E-state index in [9.17, 15) is 18.0 Å². The molecular formula is C13H19NO5S. The van der Waals surface area contributed by atoms with Crippen LogP contribution in [0.1, 0.15) is 19.3 Å². The summed E-state index contributed by atoms with van der Waals surface area (Å²) in [4.78, 5) is 23.2. The lowest BCUT2D eigenvalue weighted by Crippen LogP contribution is -2.40. The summed E-state index contributed by atoms with van der Waals surface area (Å²) in [7, 11) is -2.95. The van der Waals surface area contributed by atoms with Crippen LogP contribution in [0.5, 0.6) is 0 Å². The second-order valence-electron chi connectivity index (χ2n) is 5.51. The van der Waals surface area contributed by atoms with Gasteiger partial charge in [0.05, 0.1) is 23.3 Å². The predicted octanol–water partition coefficient (Wildman–Crippen LogP) is 0.204. The molecule has 1 aliphatic carbocycles. The summed E-state index contributed by atoms with van der Waals surface area (Å²) < 4.78 is 22.7. The van der Waals surface area contributed by atoms with E-state index in [4.69, 9.17) is 5.11 Å². The maximum Gasteiger partial charge on any atom is 0.307 e. The van der Waals surface area contributed by atoms with E-state index in [1.165, 1.54) is 0 Å². The van der Waals surface area contributed by atoms with Crippen LogP contribution in [-0.4, -0.2) is 43.5 Å². The SMILES string of the molecule is O=C(O)C1CC=CCC1C(=O)NCC1CCS(=O)(=O)C1. The zero-order chi connectivity index (χ0) is 14.8. The third-order valence-corrected chi connectivity index (χ3v) is 5.82. The van der Waals surface area contributed by atoms with Crippen LogP contribution in [0.25, 0.3) is 0 Å². The lowest BCUT2D eigenvalue weighted by Gasteiger charge is -2.24. The third kappa shape index (κ3) is 3.59. The number of carboxylic acids is 1. The minimum Gasteiger partial charge on any atom is -0.481 e. The molecule has 1 amide bonds. The van der Waals surface area contributed by atoms with Crippen molar-refractivity contribution in [1.29, 1.82) is 0 Å². The highest BCUT2D eigenvalue weighted by Gasteiger charge is 2.35. The largest absolute Gasteiger partial charge is 0.481 e. The number of allylic oxidation sites excluding steroid dienone is 2. The van der Waals surface area contributed by atoms with Crippen molar-refractivity contribution in [1.82, 2.24) is 5.32 Å². The monoisotopic (exact) mass is 301 g/mol. The first kappa shape index (κ1) is 15.0. The zero-order valence-corrected chi connectivity index (χ0v) is 11.9. The van der Waals surface area contributed by atoms with Gasteiger partial charge >= 0.3 is 5.97 Å². The number of hydrogen-bond acceptors (Lipinski definition) is 4. The summed E-state index contributed by atoms with van der Waals surface area (Å²) >= 11 is 0. The fourth-order valence-corrected chi connectivity index (χ4v) is 4.65. The average Bonchev–Trinajstić information content (AvgIpc) is 2.75. The number of carbonyl (C=O) groups is 2. The molecule has 2 N–H and O–H groups in total. The average molecular weight is 301 g/mol. The molecule has 1 aliphatic heterocycles. The quantitative estimate of drug-likeness (QED) is 0.723. The molecule has 1 fully saturated rings. The molecule has 0 aromatic carbocycles. The number of nitrogens with one attached hydrogen (secondary N) is 1. The zero-order valence-electron chi connectivity index (χ0n) is 11.1. The number of carboxylic acid groups (broad SMARTS) is 1. The molecule has 0 spiro atoms. The minimum absolute atomic E-state index is 0.0497. The second kappa shape index (κ2) is 5.95. The minimum atomic E-state index is -2.95.